The highest BCUT2D eigenvalue weighted by atomic mass is 16.6. The number of nitrogens with zero attached hydrogens (tertiary/aromatic N) is 1. The van der Waals surface area contributed by atoms with E-state index >= 15 is 0 Å². The van der Waals surface area contributed by atoms with Gasteiger partial charge in [-0.25, -0.2) is 4.79 Å². The predicted molar refractivity (Wildman–Crippen MR) is 117 cm³/mol. The summed E-state index contributed by atoms with van der Waals surface area (Å²) in [4.78, 5) is 14.6. The molecule has 2 aromatic carbocycles. The molecule has 2 aliphatic rings. The van der Waals surface area contributed by atoms with E-state index in [0.29, 0.717) is 6.61 Å². The van der Waals surface area contributed by atoms with Gasteiger partial charge < -0.3 is 14.8 Å². The summed E-state index contributed by atoms with van der Waals surface area (Å²) in [6.45, 7) is 8.10. The van der Waals surface area contributed by atoms with Crippen molar-refractivity contribution in [2.75, 3.05) is 6.54 Å². The zero-order chi connectivity index (χ0) is 21.1. The van der Waals surface area contributed by atoms with E-state index in [1.807, 2.05) is 36.4 Å². The Labute approximate surface area is 179 Å². The molecule has 0 aromatic heterocycles. The molecule has 0 bridgehead atoms. The fourth-order valence-corrected chi connectivity index (χ4v) is 4.67. The van der Waals surface area contributed by atoms with Crippen molar-refractivity contribution in [2.24, 2.45) is 0 Å². The largest absolute Gasteiger partial charge is 0.442 e. The Hall–Kier alpha value is -2.37. The number of hydrogen-bond acceptors (Lipinski definition) is 4. The van der Waals surface area contributed by atoms with Gasteiger partial charge in [-0.15, -0.1) is 0 Å². The Kier molecular flexibility index (Phi) is 6.11. The van der Waals surface area contributed by atoms with Crippen LogP contribution in [0.4, 0.5) is 4.79 Å². The predicted octanol–water partition coefficient (Wildman–Crippen LogP) is 4.16. The van der Waals surface area contributed by atoms with Crippen LogP contribution >= 0.6 is 0 Å². The second-order valence-electron chi connectivity index (χ2n) is 9.36. The second kappa shape index (κ2) is 8.78. The number of alkyl carbamates (subject to hydrolysis) is 1. The van der Waals surface area contributed by atoms with Crippen LogP contribution in [0.1, 0.15) is 38.3 Å². The zero-order valence-corrected chi connectivity index (χ0v) is 18.1. The van der Waals surface area contributed by atoms with Gasteiger partial charge >= 0.3 is 6.09 Å². The van der Waals surface area contributed by atoms with E-state index in [2.05, 4.69) is 55.3 Å². The molecule has 0 spiro atoms. The molecule has 2 aliphatic heterocycles. The first-order chi connectivity index (χ1) is 14.4. The summed E-state index contributed by atoms with van der Waals surface area (Å²) >= 11 is 0. The molecule has 160 valence electrons. The quantitative estimate of drug-likeness (QED) is 0.780. The van der Waals surface area contributed by atoms with Gasteiger partial charge in [0.05, 0.1) is 24.8 Å². The first-order valence-electron chi connectivity index (χ1n) is 10.8. The minimum Gasteiger partial charge on any atom is -0.442 e. The Bertz CT molecular complexity index is 834. The summed E-state index contributed by atoms with van der Waals surface area (Å²) in [5.41, 5.74) is 2.34. The fraction of sp³-hybridized carbons (Fsp3) is 0.480. The van der Waals surface area contributed by atoms with Crippen molar-refractivity contribution in [1.29, 1.82) is 0 Å². The molecule has 1 amide bonds. The molecule has 2 aromatic rings. The van der Waals surface area contributed by atoms with Crippen molar-refractivity contribution >= 4 is 6.09 Å². The van der Waals surface area contributed by atoms with Gasteiger partial charge in [0.2, 0.25) is 0 Å². The SMILES string of the molecule is CC(C)(C)N1C[C@H](OCc2ccccc2)C[C@@H]1[C@H]1OC(=O)N[C@H]1Cc1ccccc1. The van der Waals surface area contributed by atoms with E-state index in [4.69, 9.17) is 9.47 Å². The van der Waals surface area contributed by atoms with Gasteiger partial charge in [0, 0.05) is 12.1 Å². The molecule has 5 nitrogen and oxygen atoms in total. The number of cyclic esters (lactones) is 1. The number of likely N-dealkylation sites (tertiary alicyclic amines) is 1. The average Bonchev–Trinajstić information content (AvgIpc) is 3.31. The fourth-order valence-electron chi connectivity index (χ4n) is 4.67. The highest BCUT2D eigenvalue weighted by Gasteiger charge is 2.49. The summed E-state index contributed by atoms with van der Waals surface area (Å²) in [7, 11) is 0. The molecule has 2 saturated heterocycles. The van der Waals surface area contributed by atoms with Crippen LogP contribution in [-0.4, -0.2) is 47.4 Å². The number of carbonyl (C=O) groups is 1. The van der Waals surface area contributed by atoms with Crippen molar-refractivity contribution in [3.05, 3.63) is 71.8 Å². The van der Waals surface area contributed by atoms with Crippen molar-refractivity contribution in [1.82, 2.24) is 10.2 Å². The molecule has 0 unspecified atom stereocenters. The van der Waals surface area contributed by atoms with Crippen LogP contribution in [-0.2, 0) is 22.5 Å². The van der Waals surface area contributed by atoms with Gasteiger partial charge in [0.15, 0.2) is 0 Å². The first kappa shape index (κ1) is 20.9. The van der Waals surface area contributed by atoms with Crippen LogP contribution in [0.15, 0.2) is 60.7 Å². The van der Waals surface area contributed by atoms with Crippen LogP contribution in [0.5, 0.6) is 0 Å². The van der Waals surface area contributed by atoms with Crippen molar-refractivity contribution < 1.29 is 14.3 Å². The summed E-state index contributed by atoms with van der Waals surface area (Å²) in [5, 5.41) is 3.05. The molecule has 30 heavy (non-hydrogen) atoms. The van der Waals surface area contributed by atoms with Crippen molar-refractivity contribution in [2.45, 2.75) is 70.1 Å². The number of nitrogens with one attached hydrogen (secondary N) is 1. The second-order valence-corrected chi connectivity index (χ2v) is 9.36. The minimum absolute atomic E-state index is 0.0392. The van der Waals surface area contributed by atoms with Gasteiger partial charge in [-0.1, -0.05) is 60.7 Å². The Morgan fingerprint density at radius 1 is 1.03 bits per heavy atom. The summed E-state index contributed by atoms with van der Waals surface area (Å²) < 4.78 is 12.1. The highest BCUT2D eigenvalue weighted by molar-refractivity contribution is 5.70. The standard InChI is InChI=1S/C25H32N2O3/c1-25(2,3)27-16-20(29-17-19-12-8-5-9-13-19)15-22(27)23-21(26-24(28)30-23)14-18-10-6-4-7-11-18/h4-13,20-23H,14-17H2,1-3H3,(H,26,28)/t20-,21+,22-,23+/m1/s1. The summed E-state index contributed by atoms with van der Waals surface area (Å²) in [5.74, 6) is 0. The lowest BCUT2D eigenvalue weighted by molar-refractivity contribution is 0.0204. The third-order valence-electron chi connectivity index (χ3n) is 6.12. The smallest absolute Gasteiger partial charge is 0.407 e. The van der Waals surface area contributed by atoms with Gasteiger partial charge in [0.25, 0.3) is 0 Å². The molecule has 0 aliphatic carbocycles. The van der Waals surface area contributed by atoms with Gasteiger partial charge in [-0.05, 0) is 44.7 Å². The number of carbonyl (C=O) groups excluding carboxylic acids is 1. The number of amides is 1. The van der Waals surface area contributed by atoms with Gasteiger partial charge in [-0.2, -0.15) is 0 Å². The number of ether oxygens (including phenoxy) is 2. The minimum atomic E-state index is -0.316. The Morgan fingerprint density at radius 2 is 1.67 bits per heavy atom. The number of rotatable bonds is 6. The average molecular weight is 409 g/mol. The van der Waals surface area contributed by atoms with Crippen LogP contribution in [0.25, 0.3) is 0 Å². The van der Waals surface area contributed by atoms with Gasteiger partial charge in [-0.3, -0.25) is 4.90 Å². The molecule has 0 radical (unpaired) electrons. The normalized spacial score (nSPS) is 27.1. The first-order valence-corrected chi connectivity index (χ1v) is 10.8. The molecule has 4 atom stereocenters. The van der Waals surface area contributed by atoms with E-state index in [9.17, 15) is 4.79 Å². The lowest BCUT2D eigenvalue weighted by Crippen LogP contribution is -2.53. The molecule has 4 rings (SSSR count). The van der Waals surface area contributed by atoms with E-state index < -0.39 is 0 Å². The lowest BCUT2D eigenvalue weighted by Gasteiger charge is -2.39. The van der Waals surface area contributed by atoms with Crippen molar-refractivity contribution in [3.63, 3.8) is 0 Å². The molecule has 5 heteroatoms. The maximum Gasteiger partial charge on any atom is 0.407 e. The van der Waals surface area contributed by atoms with E-state index in [1.165, 1.54) is 11.1 Å². The van der Waals surface area contributed by atoms with E-state index in [0.717, 1.165) is 19.4 Å². The highest BCUT2D eigenvalue weighted by Crippen LogP contribution is 2.34. The van der Waals surface area contributed by atoms with Crippen LogP contribution in [0.3, 0.4) is 0 Å². The van der Waals surface area contributed by atoms with Crippen molar-refractivity contribution in [3.8, 4) is 0 Å². The van der Waals surface area contributed by atoms with E-state index in [-0.39, 0.29) is 35.9 Å². The third kappa shape index (κ3) is 4.85. The van der Waals surface area contributed by atoms with Crippen LogP contribution in [0, 0.1) is 0 Å². The molecular weight excluding hydrogens is 376 g/mol. The maximum atomic E-state index is 12.2. The number of hydrogen-bond donors (Lipinski definition) is 1. The maximum absolute atomic E-state index is 12.2. The molecule has 2 fully saturated rings. The number of benzene rings is 2. The zero-order valence-electron chi connectivity index (χ0n) is 18.1. The Morgan fingerprint density at radius 3 is 2.30 bits per heavy atom. The Balaban J connectivity index is 1.48. The van der Waals surface area contributed by atoms with Gasteiger partial charge in [0.1, 0.15) is 6.10 Å². The monoisotopic (exact) mass is 408 g/mol. The summed E-state index contributed by atoms with van der Waals surface area (Å²) in [6, 6.07) is 20.6. The van der Waals surface area contributed by atoms with E-state index in [1.54, 1.807) is 0 Å². The third-order valence-corrected chi connectivity index (χ3v) is 6.12. The topological polar surface area (TPSA) is 50.8 Å². The van der Waals surface area contributed by atoms with Crippen LogP contribution in [0.2, 0.25) is 0 Å². The summed E-state index contributed by atoms with van der Waals surface area (Å²) in [6.07, 6.45) is 1.23. The van der Waals surface area contributed by atoms with Crippen LogP contribution < -0.4 is 5.32 Å². The molecule has 0 saturated carbocycles. The molecule has 1 N–H and O–H groups in total. The molecule has 2 heterocycles. The molecular formula is C25H32N2O3. The lowest BCUT2D eigenvalue weighted by atomic mass is 9.93.